The molecular weight excluding hydrogens is 208 g/mol. The zero-order valence-corrected chi connectivity index (χ0v) is 10.8. The van der Waals surface area contributed by atoms with Crippen molar-refractivity contribution in [1.82, 2.24) is 0 Å². The van der Waals surface area contributed by atoms with Gasteiger partial charge in [-0.25, -0.2) is 4.79 Å². The minimum atomic E-state index is -1.46. The second kappa shape index (κ2) is 4.77. The summed E-state index contributed by atoms with van der Waals surface area (Å²) in [5, 5.41) is 0. The van der Waals surface area contributed by atoms with Crippen LogP contribution in [0.1, 0.15) is 11.3 Å². The molecule has 1 aromatic heterocycles. The molecule has 0 saturated heterocycles. The van der Waals surface area contributed by atoms with E-state index in [9.17, 15) is 4.79 Å². The van der Waals surface area contributed by atoms with E-state index in [1.54, 1.807) is 0 Å². The Morgan fingerprint density at radius 2 is 2.00 bits per heavy atom. The molecule has 0 aliphatic heterocycles. The average Bonchev–Trinajstić information content (AvgIpc) is 1.99. The third-order valence-electron chi connectivity index (χ3n) is 1.85. The summed E-state index contributed by atoms with van der Waals surface area (Å²) in [6.07, 6.45) is 0.668. The molecule has 1 aromatic rings. The van der Waals surface area contributed by atoms with Gasteiger partial charge in [-0.2, -0.15) is 0 Å². The molecule has 0 bridgehead atoms. The van der Waals surface area contributed by atoms with E-state index in [1.807, 2.05) is 13.0 Å². The topological polar surface area (TPSA) is 39.4 Å². The van der Waals surface area contributed by atoms with E-state index in [2.05, 4.69) is 19.6 Å². The Bertz CT molecular complexity index is 376. The first-order chi connectivity index (χ1) is 6.87. The minimum Gasteiger partial charge on any atom is -0.428 e. The number of rotatable bonds is 4. The lowest BCUT2D eigenvalue weighted by molar-refractivity contribution is 0.299. The SMILES string of the molecule is Cc1cc(CCO[Si](C)(C)C)oc(=O)c1. The van der Waals surface area contributed by atoms with Gasteiger partial charge in [-0.15, -0.1) is 0 Å². The average molecular weight is 226 g/mol. The highest BCUT2D eigenvalue weighted by atomic mass is 28.4. The molecule has 15 heavy (non-hydrogen) atoms. The molecule has 3 nitrogen and oxygen atoms in total. The standard InChI is InChI=1S/C11H18O3Si/c1-9-7-10(14-11(12)8-9)5-6-13-15(2,3)4/h7-8H,5-6H2,1-4H3. The van der Waals surface area contributed by atoms with E-state index in [0.29, 0.717) is 18.8 Å². The molecule has 0 radical (unpaired) electrons. The molecule has 1 rings (SSSR count). The van der Waals surface area contributed by atoms with E-state index in [4.69, 9.17) is 8.84 Å². The first-order valence-electron chi connectivity index (χ1n) is 5.11. The van der Waals surface area contributed by atoms with Gasteiger partial charge in [0.25, 0.3) is 0 Å². The summed E-state index contributed by atoms with van der Waals surface area (Å²) in [5.41, 5.74) is 0.659. The van der Waals surface area contributed by atoms with Gasteiger partial charge in [0.15, 0.2) is 8.32 Å². The van der Waals surface area contributed by atoms with Crippen LogP contribution < -0.4 is 5.63 Å². The number of hydrogen-bond acceptors (Lipinski definition) is 3. The summed E-state index contributed by atoms with van der Waals surface area (Å²) in [4.78, 5) is 11.1. The molecule has 0 saturated carbocycles. The molecule has 0 N–H and O–H groups in total. The third-order valence-corrected chi connectivity index (χ3v) is 2.92. The highest BCUT2D eigenvalue weighted by molar-refractivity contribution is 6.69. The second-order valence-electron chi connectivity index (χ2n) is 4.63. The first-order valence-corrected chi connectivity index (χ1v) is 8.52. The largest absolute Gasteiger partial charge is 0.428 e. The molecule has 0 atom stereocenters. The van der Waals surface area contributed by atoms with Crippen molar-refractivity contribution in [2.45, 2.75) is 33.0 Å². The van der Waals surface area contributed by atoms with Crippen LogP contribution in [0.25, 0.3) is 0 Å². The molecule has 1 heterocycles. The van der Waals surface area contributed by atoms with Crippen LogP contribution in [0.5, 0.6) is 0 Å². The molecule has 0 aliphatic carbocycles. The fraction of sp³-hybridized carbons (Fsp3) is 0.545. The second-order valence-corrected chi connectivity index (χ2v) is 9.14. The summed E-state index contributed by atoms with van der Waals surface area (Å²) in [5.74, 6) is 0.707. The first kappa shape index (κ1) is 12.2. The van der Waals surface area contributed by atoms with Crippen molar-refractivity contribution in [1.29, 1.82) is 0 Å². The van der Waals surface area contributed by atoms with Gasteiger partial charge < -0.3 is 8.84 Å². The van der Waals surface area contributed by atoms with Crippen LogP contribution >= 0.6 is 0 Å². The molecule has 0 spiro atoms. The summed E-state index contributed by atoms with van der Waals surface area (Å²) < 4.78 is 10.7. The van der Waals surface area contributed by atoms with Crippen molar-refractivity contribution in [3.63, 3.8) is 0 Å². The Balaban J connectivity index is 2.55. The zero-order chi connectivity index (χ0) is 11.5. The Kier molecular flexibility index (Phi) is 3.88. The number of aryl methyl sites for hydroxylation is 1. The lowest BCUT2D eigenvalue weighted by atomic mass is 10.2. The van der Waals surface area contributed by atoms with Crippen LogP contribution in [-0.2, 0) is 10.8 Å². The van der Waals surface area contributed by atoms with Gasteiger partial charge in [0.1, 0.15) is 5.76 Å². The quantitative estimate of drug-likeness (QED) is 0.740. The predicted molar refractivity (Wildman–Crippen MR) is 62.7 cm³/mol. The fourth-order valence-electron chi connectivity index (χ4n) is 1.25. The number of hydrogen-bond donors (Lipinski definition) is 0. The fourth-order valence-corrected chi connectivity index (χ4v) is 1.97. The van der Waals surface area contributed by atoms with Gasteiger partial charge in [0.2, 0.25) is 0 Å². The Morgan fingerprint density at radius 1 is 1.33 bits per heavy atom. The molecule has 4 heteroatoms. The normalized spacial score (nSPS) is 11.7. The highest BCUT2D eigenvalue weighted by Gasteiger charge is 2.13. The van der Waals surface area contributed by atoms with Gasteiger partial charge >= 0.3 is 5.63 Å². The van der Waals surface area contributed by atoms with Gasteiger partial charge in [-0.05, 0) is 38.2 Å². The molecule has 0 amide bonds. The van der Waals surface area contributed by atoms with E-state index in [0.717, 1.165) is 5.56 Å². The van der Waals surface area contributed by atoms with Crippen molar-refractivity contribution < 1.29 is 8.84 Å². The molecule has 0 aliphatic rings. The Morgan fingerprint density at radius 3 is 2.53 bits per heavy atom. The highest BCUT2D eigenvalue weighted by Crippen LogP contribution is 2.06. The Labute approximate surface area is 91.2 Å². The predicted octanol–water partition coefficient (Wildman–Crippen LogP) is 2.34. The van der Waals surface area contributed by atoms with E-state index in [-0.39, 0.29) is 5.63 Å². The molecule has 0 fully saturated rings. The summed E-state index contributed by atoms with van der Waals surface area (Å²) >= 11 is 0. The van der Waals surface area contributed by atoms with Crippen LogP contribution in [0.4, 0.5) is 0 Å². The summed E-state index contributed by atoms with van der Waals surface area (Å²) in [7, 11) is -1.46. The van der Waals surface area contributed by atoms with Crippen molar-refractivity contribution in [3.05, 3.63) is 33.9 Å². The lowest BCUT2D eigenvalue weighted by Gasteiger charge is -2.16. The van der Waals surface area contributed by atoms with Gasteiger partial charge in [-0.3, -0.25) is 0 Å². The van der Waals surface area contributed by atoms with Gasteiger partial charge in [0.05, 0.1) is 0 Å². The van der Waals surface area contributed by atoms with E-state index in [1.165, 1.54) is 6.07 Å². The lowest BCUT2D eigenvalue weighted by Crippen LogP contribution is -2.26. The van der Waals surface area contributed by atoms with Crippen molar-refractivity contribution in [3.8, 4) is 0 Å². The summed E-state index contributed by atoms with van der Waals surface area (Å²) in [6.45, 7) is 8.93. The Hall–Kier alpha value is -0.873. The van der Waals surface area contributed by atoms with E-state index < -0.39 is 8.32 Å². The van der Waals surface area contributed by atoms with Crippen molar-refractivity contribution in [2.24, 2.45) is 0 Å². The monoisotopic (exact) mass is 226 g/mol. The molecular formula is C11H18O3Si. The van der Waals surface area contributed by atoms with Crippen LogP contribution in [-0.4, -0.2) is 14.9 Å². The van der Waals surface area contributed by atoms with Gasteiger partial charge in [0, 0.05) is 19.1 Å². The van der Waals surface area contributed by atoms with Crippen molar-refractivity contribution >= 4 is 8.32 Å². The minimum absolute atomic E-state index is 0.280. The smallest absolute Gasteiger partial charge is 0.336 e. The molecule has 0 aromatic carbocycles. The molecule has 84 valence electrons. The van der Waals surface area contributed by atoms with Gasteiger partial charge in [-0.1, -0.05) is 0 Å². The summed E-state index contributed by atoms with van der Waals surface area (Å²) in [6, 6.07) is 3.37. The van der Waals surface area contributed by atoms with Crippen molar-refractivity contribution in [2.75, 3.05) is 6.61 Å². The van der Waals surface area contributed by atoms with E-state index >= 15 is 0 Å². The van der Waals surface area contributed by atoms with Crippen LogP contribution in [0.2, 0.25) is 19.6 Å². The maximum Gasteiger partial charge on any atom is 0.336 e. The maximum absolute atomic E-state index is 11.1. The van der Waals surface area contributed by atoms with Crippen LogP contribution in [0.15, 0.2) is 21.3 Å². The third kappa shape index (κ3) is 4.95. The van der Waals surface area contributed by atoms with Crippen LogP contribution in [0, 0.1) is 6.92 Å². The maximum atomic E-state index is 11.1. The molecule has 0 unspecified atom stereocenters. The van der Waals surface area contributed by atoms with Crippen LogP contribution in [0.3, 0.4) is 0 Å². The zero-order valence-electron chi connectivity index (χ0n) is 9.79.